The molecular formula is C54H82. The summed E-state index contributed by atoms with van der Waals surface area (Å²) in [6.07, 6.45) is 46.7. The largest absolute Gasteiger partial charge is 0.0654 e. The van der Waals surface area contributed by atoms with Crippen LogP contribution >= 0.6 is 0 Å². The zero-order valence-corrected chi connectivity index (χ0v) is 35.9. The molecule has 0 fully saturated rings. The van der Waals surface area contributed by atoms with Crippen molar-refractivity contribution >= 4 is 24.3 Å². The third-order valence-electron chi connectivity index (χ3n) is 11.5. The predicted octanol–water partition coefficient (Wildman–Crippen LogP) is 17.6. The molecule has 0 aliphatic heterocycles. The number of unbranched alkanes of at least 4 members (excludes halogenated alkanes) is 20. The Kier molecular flexibility index (Phi) is 25.6. The molecule has 3 aromatic carbocycles. The zero-order valence-electron chi connectivity index (χ0n) is 35.9. The third kappa shape index (κ3) is 20.2. The lowest BCUT2D eigenvalue weighted by molar-refractivity contribution is 0.606. The first kappa shape index (κ1) is 45.5. The van der Waals surface area contributed by atoms with Crippen molar-refractivity contribution in [3.63, 3.8) is 0 Å². The average molecular weight is 731 g/mol. The lowest BCUT2D eigenvalue weighted by Gasteiger charge is -2.10. The van der Waals surface area contributed by atoms with Crippen LogP contribution < -0.4 is 0 Å². The number of benzene rings is 3. The minimum atomic E-state index is 1.19. The molecule has 0 N–H and O–H groups in total. The Morgan fingerprint density at radius 1 is 0.296 bits per heavy atom. The van der Waals surface area contributed by atoms with Gasteiger partial charge in [0.15, 0.2) is 0 Å². The fourth-order valence-corrected chi connectivity index (χ4v) is 7.87. The number of hydrogen-bond acceptors (Lipinski definition) is 0. The van der Waals surface area contributed by atoms with Gasteiger partial charge in [-0.25, -0.2) is 0 Å². The molecule has 298 valence electrons. The molecule has 0 spiro atoms. The van der Waals surface area contributed by atoms with Crippen LogP contribution in [0.15, 0.2) is 60.7 Å². The predicted molar refractivity (Wildman–Crippen MR) is 246 cm³/mol. The molecule has 0 heteroatoms. The van der Waals surface area contributed by atoms with Crippen LogP contribution in [0.5, 0.6) is 0 Å². The molecule has 0 nitrogen and oxygen atoms in total. The van der Waals surface area contributed by atoms with E-state index in [0.717, 1.165) is 0 Å². The minimum Gasteiger partial charge on any atom is -0.0654 e. The molecule has 3 rings (SSSR count). The van der Waals surface area contributed by atoms with Crippen LogP contribution in [0.2, 0.25) is 0 Å². The van der Waals surface area contributed by atoms with Gasteiger partial charge in [-0.2, -0.15) is 0 Å². The number of aryl methyl sites for hydroxylation is 4. The van der Waals surface area contributed by atoms with E-state index in [4.69, 9.17) is 0 Å². The first-order chi connectivity index (χ1) is 26.7. The highest BCUT2D eigenvalue weighted by atomic mass is 14.1. The zero-order chi connectivity index (χ0) is 38.3. The van der Waals surface area contributed by atoms with Crippen LogP contribution in [-0.4, -0.2) is 0 Å². The second-order valence-corrected chi connectivity index (χ2v) is 16.5. The van der Waals surface area contributed by atoms with Gasteiger partial charge in [-0.05, 0) is 95.9 Å². The Labute approximate surface area is 335 Å². The Balaban J connectivity index is 1.68. The number of rotatable bonds is 32. The van der Waals surface area contributed by atoms with Gasteiger partial charge < -0.3 is 0 Å². The summed E-state index contributed by atoms with van der Waals surface area (Å²) in [5.74, 6) is 0. The van der Waals surface area contributed by atoms with Crippen LogP contribution in [0.4, 0.5) is 0 Å². The van der Waals surface area contributed by atoms with Crippen LogP contribution in [0.3, 0.4) is 0 Å². The van der Waals surface area contributed by atoms with Gasteiger partial charge >= 0.3 is 0 Å². The smallest absolute Gasteiger partial charge is 0.0222 e. The van der Waals surface area contributed by atoms with Gasteiger partial charge in [-0.3, -0.25) is 0 Å². The van der Waals surface area contributed by atoms with Gasteiger partial charge in [0, 0.05) is 0 Å². The lowest BCUT2D eigenvalue weighted by atomic mass is 9.95. The Hall–Kier alpha value is -2.86. The van der Waals surface area contributed by atoms with Crippen LogP contribution in [0, 0.1) is 0 Å². The normalized spacial score (nSPS) is 11.8. The van der Waals surface area contributed by atoms with Gasteiger partial charge in [0.2, 0.25) is 0 Å². The van der Waals surface area contributed by atoms with E-state index in [0.29, 0.717) is 0 Å². The standard InChI is InChI=1S/C54H82/c1-5-9-13-17-21-25-29-49-39-41-51(31-27-23-19-15-11-7-3)53(45-49)43-37-47-33-35-48(36-34-47)38-44-54-46-50(30-26-22-18-14-10-6-2)40-42-52(54)32-28-24-20-16-12-8-4/h33-46H,5-32H2,1-4H3/b43-37+,44-38+. The summed E-state index contributed by atoms with van der Waals surface area (Å²) in [5, 5.41) is 0. The molecule has 0 bridgehead atoms. The SMILES string of the molecule is CCCCCCCCc1ccc(CCCCCCCC)c(/C=C/c2ccc(/C=C/c3cc(CCCCCCCC)ccc3CCCCCCCC)cc2)c1. The van der Waals surface area contributed by atoms with Crippen molar-refractivity contribution in [1.29, 1.82) is 0 Å². The molecule has 0 atom stereocenters. The van der Waals surface area contributed by atoms with Crippen molar-refractivity contribution in [2.24, 2.45) is 0 Å². The Bertz CT molecular complexity index is 1290. The van der Waals surface area contributed by atoms with E-state index >= 15 is 0 Å². The van der Waals surface area contributed by atoms with E-state index in [2.05, 4.69) is 113 Å². The third-order valence-corrected chi connectivity index (χ3v) is 11.5. The highest BCUT2D eigenvalue weighted by Gasteiger charge is 2.06. The van der Waals surface area contributed by atoms with Crippen molar-refractivity contribution in [2.75, 3.05) is 0 Å². The van der Waals surface area contributed by atoms with Crippen LogP contribution in [0.1, 0.15) is 226 Å². The maximum absolute atomic E-state index is 2.50. The van der Waals surface area contributed by atoms with E-state index in [9.17, 15) is 0 Å². The summed E-state index contributed by atoms with van der Waals surface area (Å²) in [4.78, 5) is 0. The summed E-state index contributed by atoms with van der Waals surface area (Å²) in [5.41, 5.74) is 11.5. The fourth-order valence-electron chi connectivity index (χ4n) is 7.87. The van der Waals surface area contributed by atoms with Gasteiger partial charge in [0.05, 0.1) is 0 Å². The maximum atomic E-state index is 2.50. The van der Waals surface area contributed by atoms with Crippen molar-refractivity contribution < 1.29 is 0 Å². The van der Waals surface area contributed by atoms with E-state index in [1.807, 2.05) is 0 Å². The van der Waals surface area contributed by atoms with Crippen molar-refractivity contribution in [2.45, 2.75) is 207 Å². The minimum absolute atomic E-state index is 1.19. The molecule has 0 heterocycles. The molecule has 0 amide bonds. The Morgan fingerprint density at radius 2 is 0.593 bits per heavy atom. The summed E-state index contributed by atoms with van der Waals surface area (Å²) in [6, 6.07) is 23.9. The highest BCUT2D eigenvalue weighted by molar-refractivity contribution is 5.74. The van der Waals surface area contributed by atoms with Gasteiger partial charge in [0.25, 0.3) is 0 Å². The van der Waals surface area contributed by atoms with E-state index < -0.39 is 0 Å². The van der Waals surface area contributed by atoms with E-state index in [-0.39, 0.29) is 0 Å². The molecule has 3 aromatic rings. The van der Waals surface area contributed by atoms with Gasteiger partial charge in [-0.15, -0.1) is 0 Å². The molecule has 0 aliphatic rings. The molecule has 54 heavy (non-hydrogen) atoms. The Morgan fingerprint density at radius 3 is 0.926 bits per heavy atom. The van der Waals surface area contributed by atoms with Crippen LogP contribution in [0.25, 0.3) is 24.3 Å². The van der Waals surface area contributed by atoms with Crippen molar-refractivity contribution in [3.8, 4) is 0 Å². The first-order valence-electron chi connectivity index (χ1n) is 23.4. The molecule has 0 unspecified atom stereocenters. The average Bonchev–Trinajstić information content (AvgIpc) is 3.20. The quantitative estimate of drug-likeness (QED) is 0.0443. The molecular weight excluding hydrogens is 649 g/mol. The van der Waals surface area contributed by atoms with Crippen LogP contribution in [-0.2, 0) is 25.7 Å². The van der Waals surface area contributed by atoms with Crippen molar-refractivity contribution in [3.05, 3.63) is 105 Å². The molecule has 0 aliphatic carbocycles. The van der Waals surface area contributed by atoms with E-state index in [1.165, 1.54) is 224 Å². The fraction of sp³-hybridized carbons (Fsp3) is 0.593. The molecule has 0 radical (unpaired) electrons. The lowest BCUT2D eigenvalue weighted by Crippen LogP contribution is -1.94. The highest BCUT2D eigenvalue weighted by Crippen LogP contribution is 2.23. The summed E-state index contributed by atoms with van der Waals surface area (Å²) in [7, 11) is 0. The first-order valence-corrected chi connectivity index (χ1v) is 23.4. The number of hydrogen-bond donors (Lipinski definition) is 0. The maximum Gasteiger partial charge on any atom is -0.0222 e. The van der Waals surface area contributed by atoms with Gasteiger partial charge in [0.1, 0.15) is 0 Å². The second kappa shape index (κ2) is 30.4. The molecule has 0 saturated heterocycles. The summed E-state index contributed by atoms with van der Waals surface area (Å²) in [6.45, 7) is 9.22. The second-order valence-electron chi connectivity index (χ2n) is 16.5. The topological polar surface area (TPSA) is 0 Å². The van der Waals surface area contributed by atoms with Crippen molar-refractivity contribution in [1.82, 2.24) is 0 Å². The molecule has 0 aromatic heterocycles. The molecule has 0 saturated carbocycles. The summed E-state index contributed by atoms with van der Waals surface area (Å²) < 4.78 is 0. The van der Waals surface area contributed by atoms with E-state index in [1.54, 1.807) is 0 Å². The van der Waals surface area contributed by atoms with Gasteiger partial charge in [-0.1, -0.05) is 241 Å². The summed E-state index contributed by atoms with van der Waals surface area (Å²) >= 11 is 0. The monoisotopic (exact) mass is 731 g/mol.